The standard InChI is InChI=1S/C48H39N3/c1-31(34-15-7-4-8-16-34)47-40-22-14-13-21-37(40)27-28-51(47)48-33(3)50-49-32(2)45(48)46-43-29-38(35-17-9-5-10-18-35)23-25-41(43)42-26-24-39(30-44(42)46)36-19-11-6-12-20-36/h4-26,29-31H,27-28H2,1-3H3. The summed E-state index contributed by atoms with van der Waals surface area (Å²) in [5.41, 5.74) is 15.6. The van der Waals surface area contributed by atoms with Crippen molar-refractivity contribution < 1.29 is 4.58 Å². The summed E-state index contributed by atoms with van der Waals surface area (Å²) in [6, 6.07) is 55.2. The fraction of sp³-hybridized carbons (Fsp3) is 0.125. The Kier molecular flexibility index (Phi) is 7.70. The molecule has 0 amide bonds. The van der Waals surface area contributed by atoms with Crippen LogP contribution in [0.1, 0.15) is 40.9 Å². The number of nitrogens with zero attached hydrogens (tertiary/aromatic N) is 3. The number of aromatic nitrogens is 2. The highest BCUT2D eigenvalue weighted by Crippen LogP contribution is 2.48. The molecule has 0 aliphatic carbocycles. The highest BCUT2D eigenvalue weighted by atomic mass is 15.1. The fourth-order valence-electron chi connectivity index (χ4n) is 8.32. The first-order valence-electron chi connectivity index (χ1n) is 18.0. The molecule has 1 unspecified atom stereocenters. The van der Waals surface area contributed by atoms with Crippen molar-refractivity contribution >= 4 is 32.9 Å². The van der Waals surface area contributed by atoms with Crippen molar-refractivity contribution in [3.8, 4) is 33.4 Å². The van der Waals surface area contributed by atoms with Gasteiger partial charge in [0.15, 0.2) is 11.4 Å². The normalized spacial score (nSPS) is 13.5. The van der Waals surface area contributed by atoms with Gasteiger partial charge in [-0.05, 0) is 60.2 Å². The van der Waals surface area contributed by atoms with E-state index >= 15 is 0 Å². The molecule has 2 heterocycles. The maximum atomic E-state index is 4.85. The first-order chi connectivity index (χ1) is 25.1. The van der Waals surface area contributed by atoms with Crippen LogP contribution < -0.4 is 0 Å². The topological polar surface area (TPSA) is 28.8 Å². The molecule has 0 radical (unpaired) electrons. The molecule has 1 aliphatic rings. The quantitative estimate of drug-likeness (QED) is 0.132. The van der Waals surface area contributed by atoms with Crippen molar-refractivity contribution in [3.05, 3.63) is 180 Å². The van der Waals surface area contributed by atoms with Crippen LogP contribution in [0.15, 0.2) is 152 Å². The Morgan fingerprint density at radius 1 is 0.569 bits per heavy atom. The van der Waals surface area contributed by atoms with Gasteiger partial charge in [-0.15, -0.1) is 0 Å². The van der Waals surface area contributed by atoms with Gasteiger partial charge in [0.25, 0.3) is 0 Å². The van der Waals surface area contributed by atoms with E-state index in [1.165, 1.54) is 71.8 Å². The van der Waals surface area contributed by atoms with Gasteiger partial charge >= 0.3 is 0 Å². The molecule has 7 aromatic carbocycles. The van der Waals surface area contributed by atoms with Gasteiger partial charge in [-0.25, -0.2) is 4.58 Å². The second kappa shape index (κ2) is 12.7. The fourth-order valence-corrected chi connectivity index (χ4v) is 8.32. The lowest BCUT2D eigenvalue weighted by Gasteiger charge is -2.26. The third-order valence-corrected chi connectivity index (χ3v) is 10.8. The van der Waals surface area contributed by atoms with E-state index in [9.17, 15) is 0 Å². The molecule has 0 saturated carbocycles. The van der Waals surface area contributed by atoms with Crippen LogP contribution in [-0.4, -0.2) is 27.0 Å². The van der Waals surface area contributed by atoms with E-state index in [4.69, 9.17) is 10.2 Å². The first kappa shape index (κ1) is 31.0. The monoisotopic (exact) mass is 657 g/mol. The van der Waals surface area contributed by atoms with E-state index in [1.807, 2.05) is 0 Å². The van der Waals surface area contributed by atoms with E-state index in [2.05, 4.69) is 177 Å². The molecule has 0 spiro atoms. The zero-order valence-electron chi connectivity index (χ0n) is 29.3. The van der Waals surface area contributed by atoms with Crippen LogP contribution in [0.5, 0.6) is 0 Å². The minimum absolute atomic E-state index is 0.163. The van der Waals surface area contributed by atoms with Crippen molar-refractivity contribution in [1.29, 1.82) is 0 Å². The van der Waals surface area contributed by atoms with E-state index in [0.717, 1.165) is 35.6 Å². The molecule has 3 heteroatoms. The molecule has 9 rings (SSSR count). The maximum Gasteiger partial charge on any atom is 0.193 e. The van der Waals surface area contributed by atoms with Gasteiger partial charge in [0.2, 0.25) is 0 Å². The van der Waals surface area contributed by atoms with E-state index in [1.54, 1.807) is 0 Å². The average Bonchev–Trinajstić information content (AvgIpc) is 3.51. The van der Waals surface area contributed by atoms with Gasteiger partial charge in [0.05, 0.1) is 5.92 Å². The Morgan fingerprint density at radius 2 is 1.10 bits per heavy atom. The lowest BCUT2D eigenvalue weighted by Crippen LogP contribution is -2.31. The number of rotatable bonds is 6. The van der Waals surface area contributed by atoms with Gasteiger partial charge in [-0.2, -0.15) is 10.2 Å². The van der Waals surface area contributed by atoms with Crippen LogP contribution in [-0.2, 0) is 6.42 Å². The van der Waals surface area contributed by atoms with Crippen molar-refractivity contribution in [2.24, 2.45) is 0 Å². The molecule has 0 fully saturated rings. The van der Waals surface area contributed by atoms with Gasteiger partial charge in [-0.3, -0.25) is 0 Å². The molecule has 51 heavy (non-hydrogen) atoms. The van der Waals surface area contributed by atoms with Crippen molar-refractivity contribution in [2.75, 3.05) is 6.54 Å². The average molecular weight is 658 g/mol. The molecule has 1 aromatic heterocycles. The molecular formula is C48H39N3. The highest BCUT2D eigenvalue weighted by molar-refractivity contribution is 6.25. The van der Waals surface area contributed by atoms with Crippen LogP contribution in [0, 0.1) is 13.8 Å². The predicted molar refractivity (Wildman–Crippen MR) is 212 cm³/mol. The maximum absolute atomic E-state index is 4.85. The summed E-state index contributed by atoms with van der Waals surface area (Å²) in [5, 5.41) is 14.7. The second-order valence-corrected chi connectivity index (χ2v) is 13.8. The zero-order valence-corrected chi connectivity index (χ0v) is 29.3. The van der Waals surface area contributed by atoms with Crippen LogP contribution in [0.3, 0.4) is 0 Å². The Bertz CT molecular complexity index is 2500. The molecule has 3 nitrogen and oxygen atoms in total. The van der Waals surface area contributed by atoms with Crippen LogP contribution in [0.4, 0.5) is 5.69 Å². The predicted octanol–water partition coefficient (Wildman–Crippen LogP) is 11.6. The summed E-state index contributed by atoms with van der Waals surface area (Å²) in [6.45, 7) is 7.48. The Morgan fingerprint density at radius 3 is 1.71 bits per heavy atom. The molecule has 0 saturated heterocycles. The van der Waals surface area contributed by atoms with E-state index in [0.29, 0.717) is 0 Å². The molecular weight excluding hydrogens is 619 g/mol. The molecule has 8 aromatic rings. The SMILES string of the molecule is Cc1nnc(C)c([N+]2=C(C(C)c3ccccc3)c3ccccc3CC2)c1-[c-]1c2cc(-c3ccccc3)ccc2c2ccc(-c3ccccc3)cc21. The van der Waals surface area contributed by atoms with Crippen molar-refractivity contribution in [1.82, 2.24) is 10.2 Å². The number of hydrogen-bond acceptors (Lipinski definition) is 2. The molecule has 1 aliphatic heterocycles. The highest BCUT2D eigenvalue weighted by Gasteiger charge is 2.34. The van der Waals surface area contributed by atoms with Crippen LogP contribution in [0.2, 0.25) is 0 Å². The van der Waals surface area contributed by atoms with Gasteiger partial charge in [-0.1, -0.05) is 173 Å². The third kappa shape index (κ3) is 5.28. The van der Waals surface area contributed by atoms with Crippen molar-refractivity contribution in [3.63, 3.8) is 0 Å². The zero-order chi connectivity index (χ0) is 34.5. The summed E-state index contributed by atoms with van der Waals surface area (Å²) >= 11 is 0. The minimum atomic E-state index is 0.163. The third-order valence-electron chi connectivity index (χ3n) is 10.8. The first-order valence-corrected chi connectivity index (χ1v) is 18.0. The largest absolute Gasteiger partial charge is 0.216 e. The second-order valence-electron chi connectivity index (χ2n) is 13.8. The van der Waals surface area contributed by atoms with E-state index in [-0.39, 0.29) is 5.92 Å². The van der Waals surface area contributed by atoms with Gasteiger partial charge < -0.3 is 0 Å². The number of aryl methyl sites for hydroxylation is 2. The van der Waals surface area contributed by atoms with Crippen LogP contribution >= 0.6 is 0 Å². The van der Waals surface area contributed by atoms with E-state index < -0.39 is 0 Å². The lowest BCUT2D eigenvalue weighted by atomic mass is 9.85. The summed E-state index contributed by atoms with van der Waals surface area (Å²) in [6.07, 6.45) is 0.959. The number of benzene rings is 6. The van der Waals surface area contributed by atoms with Gasteiger partial charge in [0.1, 0.15) is 12.2 Å². The molecule has 1 atom stereocenters. The number of hydrogen-bond donors (Lipinski definition) is 0. The Labute approximate surface area is 299 Å². The van der Waals surface area contributed by atoms with Crippen LogP contribution in [0.25, 0.3) is 54.9 Å². The number of fused-ring (bicyclic) bond motifs is 4. The molecule has 246 valence electrons. The summed E-state index contributed by atoms with van der Waals surface area (Å²) < 4.78 is 2.58. The minimum Gasteiger partial charge on any atom is -0.216 e. The summed E-state index contributed by atoms with van der Waals surface area (Å²) in [4.78, 5) is 0. The Hall–Kier alpha value is -6.06. The van der Waals surface area contributed by atoms with Crippen molar-refractivity contribution in [2.45, 2.75) is 33.1 Å². The summed E-state index contributed by atoms with van der Waals surface area (Å²) in [7, 11) is 0. The smallest absolute Gasteiger partial charge is 0.193 e. The molecule has 0 bridgehead atoms. The van der Waals surface area contributed by atoms with Gasteiger partial charge in [0, 0.05) is 23.2 Å². The molecule has 0 N–H and O–H groups in total. The Balaban J connectivity index is 1.40. The lowest BCUT2D eigenvalue weighted by molar-refractivity contribution is -0.443. The summed E-state index contributed by atoms with van der Waals surface area (Å²) in [5.74, 6) is 0.163.